The van der Waals surface area contributed by atoms with Gasteiger partial charge in [-0.2, -0.15) is 10.1 Å². The van der Waals surface area contributed by atoms with Crippen molar-refractivity contribution in [3.63, 3.8) is 0 Å². The molecule has 0 spiro atoms. The molecule has 5 atom stereocenters. The van der Waals surface area contributed by atoms with Gasteiger partial charge in [0.15, 0.2) is 12.1 Å². The topological polar surface area (TPSA) is 116 Å². The molecular weight excluding hydrogens is 368 g/mol. The molecule has 2 bridgehead atoms. The molecule has 0 radical (unpaired) electrons. The highest BCUT2D eigenvalue weighted by molar-refractivity contribution is 5.74. The third-order valence-electron chi connectivity index (χ3n) is 6.37. The summed E-state index contributed by atoms with van der Waals surface area (Å²) in [5, 5.41) is 24.4. The van der Waals surface area contributed by atoms with Crippen LogP contribution in [-0.4, -0.2) is 43.2 Å². The zero-order valence-electron chi connectivity index (χ0n) is 17.3. The number of aldehydes is 1. The minimum absolute atomic E-state index is 0.186. The minimum Gasteiger partial charge on any atom is -0.390 e. The molecule has 8 nitrogen and oxygen atoms in total. The average Bonchev–Trinajstić information content (AvgIpc) is 3.07. The zero-order chi connectivity index (χ0) is 20.6. The largest absolute Gasteiger partial charge is 0.390 e. The first-order chi connectivity index (χ1) is 13.8. The van der Waals surface area contributed by atoms with Crippen molar-refractivity contribution in [2.24, 2.45) is 17.8 Å². The number of carbonyl (C=O) groups is 1. The van der Waals surface area contributed by atoms with Crippen LogP contribution in [-0.2, 0) is 0 Å². The van der Waals surface area contributed by atoms with E-state index in [4.69, 9.17) is 0 Å². The van der Waals surface area contributed by atoms with Gasteiger partial charge in [0.2, 0.25) is 5.95 Å². The van der Waals surface area contributed by atoms with E-state index in [-0.39, 0.29) is 6.04 Å². The second-order valence-corrected chi connectivity index (χ2v) is 9.02. The Hall–Kier alpha value is -2.48. The van der Waals surface area contributed by atoms with Gasteiger partial charge < -0.3 is 15.7 Å². The number of rotatable bonds is 6. The van der Waals surface area contributed by atoms with Crippen LogP contribution in [0.15, 0.2) is 12.1 Å². The normalized spacial score (nSPS) is 31.3. The second kappa shape index (κ2) is 7.74. The summed E-state index contributed by atoms with van der Waals surface area (Å²) in [6.45, 7) is 6.09. The molecule has 0 aromatic carbocycles. The van der Waals surface area contributed by atoms with E-state index in [1.54, 1.807) is 6.07 Å². The summed E-state index contributed by atoms with van der Waals surface area (Å²) < 4.78 is 0. The van der Waals surface area contributed by atoms with Crippen LogP contribution in [0.25, 0.3) is 0 Å². The van der Waals surface area contributed by atoms with E-state index in [1.165, 1.54) is 0 Å². The number of hydrogen-bond donors (Lipinski definition) is 4. The number of aromatic amines is 1. The van der Waals surface area contributed by atoms with Gasteiger partial charge in [0.25, 0.3) is 0 Å². The van der Waals surface area contributed by atoms with Crippen molar-refractivity contribution in [3.05, 3.63) is 23.5 Å². The van der Waals surface area contributed by atoms with E-state index >= 15 is 0 Å². The first-order valence-corrected chi connectivity index (χ1v) is 10.5. The number of fused-ring (bicyclic) bond motifs is 2. The number of anilines is 3. The fourth-order valence-corrected chi connectivity index (χ4v) is 5.35. The molecule has 2 aliphatic carbocycles. The predicted molar refractivity (Wildman–Crippen MR) is 111 cm³/mol. The minimum atomic E-state index is -0.609. The molecule has 2 aromatic rings. The zero-order valence-corrected chi connectivity index (χ0v) is 17.3. The SMILES string of the molecule is CCC1CC2CC(CC(C)(O)C2)C1Nc1nc(C=O)cc(Nc2cc(C)[nH]n2)n1. The van der Waals surface area contributed by atoms with Gasteiger partial charge in [-0.1, -0.05) is 13.3 Å². The number of H-pyrrole nitrogens is 1. The van der Waals surface area contributed by atoms with Gasteiger partial charge in [0.1, 0.15) is 11.5 Å². The van der Waals surface area contributed by atoms with Crippen molar-refractivity contribution in [2.75, 3.05) is 10.6 Å². The van der Waals surface area contributed by atoms with Gasteiger partial charge in [-0.3, -0.25) is 9.89 Å². The van der Waals surface area contributed by atoms with Crippen molar-refractivity contribution in [2.45, 2.75) is 64.5 Å². The fraction of sp³-hybridized carbons (Fsp3) is 0.619. The number of aliphatic hydroxyl groups is 1. The molecule has 0 amide bonds. The Kier molecular flexibility index (Phi) is 5.29. The van der Waals surface area contributed by atoms with E-state index in [0.717, 1.165) is 44.1 Å². The molecule has 2 saturated carbocycles. The maximum absolute atomic E-state index is 11.4. The van der Waals surface area contributed by atoms with Gasteiger partial charge >= 0.3 is 0 Å². The monoisotopic (exact) mass is 398 g/mol. The lowest BCUT2D eigenvalue weighted by atomic mass is 9.60. The van der Waals surface area contributed by atoms with Gasteiger partial charge in [-0.25, -0.2) is 4.98 Å². The maximum Gasteiger partial charge on any atom is 0.225 e. The van der Waals surface area contributed by atoms with E-state index in [2.05, 4.69) is 37.7 Å². The molecule has 29 heavy (non-hydrogen) atoms. The number of aromatic nitrogens is 4. The lowest BCUT2D eigenvalue weighted by molar-refractivity contribution is -0.0524. The number of aryl methyl sites for hydroxylation is 1. The van der Waals surface area contributed by atoms with Crippen LogP contribution in [0.5, 0.6) is 0 Å². The van der Waals surface area contributed by atoms with Gasteiger partial charge in [0.05, 0.1) is 5.60 Å². The highest BCUT2D eigenvalue weighted by Gasteiger charge is 2.45. The highest BCUT2D eigenvalue weighted by atomic mass is 16.3. The summed E-state index contributed by atoms with van der Waals surface area (Å²) >= 11 is 0. The number of nitrogens with one attached hydrogen (secondary N) is 3. The lowest BCUT2D eigenvalue weighted by Crippen LogP contribution is -2.50. The van der Waals surface area contributed by atoms with Crippen molar-refractivity contribution < 1.29 is 9.90 Å². The van der Waals surface area contributed by atoms with E-state index < -0.39 is 5.60 Å². The molecule has 2 aliphatic rings. The van der Waals surface area contributed by atoms with E-state index in [1.807, 2.05) is 19.9 Å². The Labute approximate surface area is 170 Å². The molecular formula is C21H30N6O2. The Morgan fingerprint density at radius 1 is 1.28 bits per heavy atom. The van der Waals surface area contributed by atoms with Crippen LogP contribution in [0.2, 0.25) is 0 Å². The molecule has 5 unspecified atom stereocenters. The first kappa shape index (κ1) is 19.8. The Morgan fingerprint density at radius 2 is 2.10 bits per heavy atom. The summed E-state index contributed by atoms with van der Waals surface area (Å²) in [5.41, 5.74) is 0.638. The molecule has 2 fully saturated rings. The molecule has 8 heteroatoms. The second-order valence-electron chi connectivity index (χ2n) is 9.02. The van der Waals surface area contributed by atoms with Crippen LogP contribution >= 0.6 is 0 Å². The Bertz CT molecular complexity index is 880. The summed E-state index contributed by atoms with van der Waals surface area (Å²) in [6.07, 6.45) is 5.69. The van der Waals surface area contributed by atoms with Crippen molar-refractivity contribution >= 4 is 23.9 Å². The number of nitrogens with zero attached hydrogens (tertiary/aromatic N) is 3. The third-order valence-corrected chi connectivity index (χ3v) is 6.37. The summed E-state index contributed by atoms with van der Waals surface area (Å²) in [4.78, 5) is 20.4. The Morgan fingerprint density at radius 3 is 2.79 bits per heavy atom. The maximum atomic E-state index is 11.4. The quantitative estimate of drug-likeness (QED) is 0.551. The van der Waals surface area contributed by atoms with Crippen LogP contribution in [0.4, 0.5) is 17.6 Å². The molecule has 156 valence electrons. The van der Waals surface area contributed by atoms with Crippen LogP contribution < -0.4 is 10.6 Å². The highest BCUT2D eigenvalue weighted by Crippen LogP contribution is 2.48. The van der Waals surface area contributed by atoms with Crippen molar-refractivity contribution in [1.82, 2.24) is 20.2 Å². The molecule has 2 aromatic heterocycles. The van der Waals surface area contributed by atoms with Crippen LogP contribution in [0, 0.1) is 24.7 Å². The lowest BCUT2D eigenvalue weighted by Gasteiger charge is -2.50. The third kappa shape index (κ3) is 4.42. The number of carbonyl (C=O) groups excluding carboxylic acids is 1. The van der Waals surface area contributed by atoms with Gasteiger partial charge in [0, 0.05) is 23.9 Å². The standard InChI is InChI=1S/C21H30N6O2/c1-4-14-6-13-7-15(10-21(3,29)9-13)19(14)25-20-22-16(11-28)8-17(24-20)23-18-5-12(2)26-27-18/h5,8,11,13-15,19,29H,4,6-7,9-10H2,1-3H3,(H3,22,23,24,25,26,27). The van der Waals surface area contributed by atoms with Gasteiger partial charge in [-0.05, 0) is 57.3 Å². The predicted octanol–water partition coefficient (Wildman–Crippen LogP) is 3.44. The molecule has 4 N–H and O–H groups in total. The van der Waals surface area contributed by atoms with Gasteiger partial charge in [-0.15, -0.1) is 0 Å². The summed E-state index contributed by atoms with van der Waals surface area (Å²) in [7, 11) is 0. The Balaban J connectivity index is 1.58. The van der Waals surface area contributed by atoms with Crippen LogP contribution in [0.1, 0.15) is 62.1 Å². The van der Waals surface area contributed by atoms with Crippen molar-refractivity contribution in [3.8, 4) is 0 Å². The van der Waals surface area contributed by atoms with E-state index in [9.17, 15) is 9.90 Å². The summed E-state index contributed by atoms with van der Waals surface area (Å²) in [5.74, 6) is 3.05. The fourth-order valence-electron chi connectivity index (χ4n) is 5.35. The number of hydrogen-bond acceptors (Lipinski definition) is 7. The van der Waals surface area contributed by atoms with Crippen molar-refractivity contribution in [1.29, 1.82) is 0 Å². The summed E-state index contributed by atoms with van der Waals surface area (Å²) in [6, 6.07) is 3.67. The average molecular weight is 399 g/mol. The van der Waals surface area contributed by atoms with E-state index in [0.29, 0.717) is 41.0 Å². The smallest absolute Gasteiger partial charge is 0.225 e. The first-order valence-electron chi connectivity index (χ1n) is 10.5. The molecule has 0 saturated heterocycles. The molecule has 2 heterocycles. The molecule has 0 aliphatic heterocycles. The van der Waals surface area contributed by atoms with Crippen LogP contribution in [0.3, 0.4) is 0 Å². The molecule has 4 rings (SSSR count).